The van der Waals surface area contributed by atoms with E-state index in [1.807, 2.05) is 25.1 Å². The highest BCUT2D eigenvalue weighted by atomic mass is 16.3. The molecule has 0 amide bonds. The lowest BCUT2D eigenvalue weighted by molar-refractivity contribution is 0.475. The molecule has 20 heavy (non-hydrogen) atoms. The first kappa shape index (κ1) is 12.6. The van der Waals surface area contributed by atoms with E-state index in [2.05, 4.69) is 15.2 Å². The van der Waals surface area contributed by atoms with Crippen molar-refractivity contribution in [1.29, 1.82) is 0 Å². The molecule has 0 saturated heterocycles. The van der Waals surface area contributed by atoms with Crippen LogP contribution in [0.1, 0.15) is 23.1 Å². The number of aromatic nitrogens is 4. The molecule has 6 heteroatoms. The van der Waals surface area contributed by atoms with E-state index in [-0.39, 0.29) is 11.8 Å². The van der Waals surface area contributed by atoms with E-state index in [0.29, 0.717) is 12.2 Å². The Morgan fingerprint density at radius 2 is 2.00 bits per heavy atom. The molecule has 0 fully saturated rings. The van der Waals surface area contributed by atoms with Crippen LogP contribution in [-0.2, 0) is 6.42 Å². The van der Waals surface area contributed by atoms with Gasteiger partial charge in [0.15, 0.2) is 11.5 Å². The van der Waals surface area contributed by atoms with Crippen LogP contribution < -0.4 is 5.73 Å². The summed E-state index contributed by atoms with van der Waals surface area (Å²) in [4.78, 5) is 4.24. The van der Waals surface area contributed by atoms with Gasteiger partial charge in [-0.05, 0) is 31.0 Å². The second-order valence-corrected chi connectivity index (χ2v) is 4.79. The molecule has 1 atom stereocenters. The number of hydrogen-bond donors (Lipinski definition) is 2. The number of hydrogen-bond acceptors (Lipinski definition) is 5. The van der Waals surface area contributed by atoms with Crippen LogP contribution in [0.2, 0.25) is 0 Å². The third-order valence-corrected chi connectivity index (χ3v) is 3.19. The third-order valence-electron chi connectivity index (χ3n) is 3.19. The van der Waals surface area contributed by atoms with Gasteiger partial charge in [-0.1, -0.05) is 12.1 Å². The van der Waals surface area contributed by atoms with Crippen molar-refractivity contribution in [3.63, 3.8) is 0 Å². The largest absolute Gasteiger partial charge is 0.508 e. The van der Waals surface area contributed by atoms with Crippen LogP contribution in [-0.4, -0.2) is 24.7 Å². The molecule has 1 unspecified atom stereocenters. The average Bonchev–Trinajstić information content (AvgIpc) is 2.84. The summed E-state index contributed by atoms with van der Waals surface area (Å²) < 4.78 is 1.80. The molecule has 0 saturated carbocycles. The number of phenols is 1. The quantitative estimate of drug-likeness (QED) is 0.749. The molecule has 0 radical (unpaired) electrons. The summed E-state index contributed by atoms with van der Waals surface area (Å²) in [6.45, 7) is 1.91. The van der Waals surface area contributed by atoms with Crippen molar-refractivity contribution < 1.29 is 5.11 Å². The van der Waals surface area contributed by atoms with Crippen LogP contribution in [0, 0.1) is 6.92 Å². The van der Waals surface area contributed by atoms with Crippen molar-refractivity contribution in [2.24, 2.45) is 5.73 Å². The lowest BCUT2D eigenvalue weighted by Gasteiger charge is -2.10. The molecule has 0 spiro atoms. The van der Waals surface area contributed by atoms with Crippen molar-refractivity contribution in [2.45, 2.75) is 19.4 Å². The van der Waals surface area contributed by atoms with Gasteiger partial charge in [-0.2, -0.15) is 0 Å². The molecule has 0 aliphatic carbocycles. The van der Waals surface area contributed by atoms with E-state index in [9.17, 15) is 5.11 Å². The van der Waals surface area contributed by atoms with E-state index >= 15 is 0 Å². The second kappa shape index (κ2) is 4.90. The third kappa shape index (κ3) is 2.33. The molecule has 0 aliphatic heterocycles. The molecule has 3 aromatic rings. The predicted molar refractivity (Wildman–Crippen MR) is 74.3 cm³/mol. The molecule has 0 aliphatic rings. The Balaban J connectivity index is 1.88. The lowest BCUT2D eigenvalue weighted by Crippen LogP contribution is -2.17. The Morgan fingerprint density at radius 1 is 1.25 bits per heavy atom. The molecule has 6 nitrogen and oxygen atoms in total. The minimum Gasteiger partial charge on any atom is -0.508 e. The van der Waals surface area contributed by atoms with Crippen molar-refractivity contribution >= 4 is 5.65 Å². The van der Waals surface area contributed by atoms with Crippen LogP contribution in [0.25, 0.3) is 5.65 Å². The first-order valence-electron chi connectivity index (χ1n) is 6.34. The summed E-state index contributed by atoms with van der Waals surface area (Å²) in [5, 5.41) is 17.5. The second-order valence-electron chi connectivity index (χ2n) is 4.79. The Hall–Kier alpha value is -2.47. The Kier molecular flexibility index (Phi) is 3.08. The van der Waals surface area contributed by atoms with E-state index in [1.54, 1.807) is 22.9 Å². The van der Waals surface area contributed by atoms with Gasteiger partial charge in [0.1, 0.15) is 12.1 Å². The monoisotopic (exact) mass is 269 g/mol. The van der Waals surface area contributed by atoms with Gasteiger partial charge in [-0.15, -0.1) is 10.2 Å². The number of fused-ring (bicyclic) bond motifs is 1. The molecule has 3 rings (SSSR count). The topological polar surface area (TPSA) is 89.3 Å². The van der Waals surface area contributed by atoms with Crippen molar-refractivity contribution in [3.05, 3.63) is 53.7 Å². The smallest absolute Gasteiger partial charge is 0.163 e. The standard InChI is InChI=1S/C14H15N5O/c1-9-6-13-17-18-14(19(13)8-16-9)12(15)7-10-2-4-11(20)5-3-10/h2-6,8,12,20H,7,15H2,1H3. The number of nitrogens with two attached hydrogens (primary N) is 1. The zero-order chi connectivity index (χ0) is 14.1. The predicted octanol–water partition coefficient (Wildman–Crippen LogP) is 1.38. The zero-order valence-electron chi connectivity index (χ0n) is 11.1. The summed E-state index contributed by atoms with van der Waals surface area (Å²) in [5.74, 6) is 0.926. The van der Waals surface area contributed by atoms with Gasteiger partial charge < -0.3 is 10.8 Å². The van der Waals surface area contributed by atoms with E-state index in [0.717, 1.165) is 16.9 Å². The van der Waals surface area contributed by atoms with Gasteiger partial charge in [0, 0.05) is 11.8 Å². The molecule has 0 bridgehead atoms. The highest BCUT2D eigenvalue weighted by Gasteiger charge is 2.14. The summed E-state index contributed by atoms with van der Waals surface area (Å²) in [6, 6.07) is 8.58. The van der Waals surface area contributed by atoms with Crippen LogP contribution in [0.3, 0.4) is 0 Å². The van der Waals surface area contributed by atoms with E-state index in [4.69, 9.17) is 5.73 Å². The molecule has 2 heterocycles. The van der Waals surface area contributed by atoms with E-state index < -0.39 is 0 Å². The number of nitrogens with zero attached hydrogens (tertiary/aromatic N) is 4. The van der Waals surface area contributed by atoms with Crippen LogP contribution in [0.4, 0.5) is 0 Å². The summed E-state index contributed by atoms with van der Waals surface area (Å²) >= 11 is 0. The van der Waals surface area contributed by atoms with Crippen LogP contribution in [0.5, 0.6) is 5.75 Å². The number of aryl methyl sites for hydroxylation is 1. The summed E-state index contributed by atoms with van der Waals surface area (Å²) in [5.41, 5.74) is 8.87. The number of rotatable bonds is 3. The lowest BCUT2D eigenvalue weighted by atomic mass is 10.1. The normalized spacial score (nSPS) is 12.7. The minimum absolute atomic E-state index is 0.245. The summed E-state index contributed by atoms with van der Waals surface area (Å²) in [7, 11) is 0. The van der Waals surface area contributed by atoms with Crippen molar-refractivity contribution in [2.75, 3.05) is 0 Å². The Morgan fingerprint density at radius 3 is 2.75 bits per heavy atom. The maximum Gasteiger partial charge on any atom is 0.163 e. The van der Waals surface area contributed by atoms with Gasteiger partial charge >= 0.3 is 0 Å². The minimum atomic E-state index is -0.279. The molecular weight excluding hydrogens is 254 g/mol. The molecular formula is C14H15N5O. The highest BCUT2D eigenvalue weighted by molar-refractivity contribution is 5.38. The van der Waals surface area contributed by atoms with Crippen molar-refractivity contribution in [1.82, 2.24) is 19.6 Å². The molecule has 3 N–H and O–H groups in total. The molecule has 2 aromatic heterocycles. The van der Waals surface area contributed by atoms with E-state index in [1.165, 1.54) is 0 Å². The first-order chi connectivity index (χ1) is 9.63. The van der Waals surface area contributed by atoms with Crippen LogP contribution in [0.15, 0.2) is 36.7 Å². The van der Waals surface area contributed by atoms with Crippen molar-refractivity contribution in [3.8, 4) is 5.75 Å². The molecule has 1 aromatic carbocycles. The van der Waals surface area contributed by atoms with Gasteiger partial charge in [0.2, 0.25) is 0 Å². The Bertz CT molecular complexity index is 735. The summed E-state index contributed by atoms with van der Waals surface area (Å²) in [6.07, 6.45) is 2.31. The SMILES string of the molecule is Cc1cc2nnc(C(N)Cc3ccc(O)cc3)n2cn1. The first-order valence-corrected chi connectivity index (χ1v) is 6.34. The Labute approximate surface area is 115 Å². The average molecular weight is 269 g/mol. The maximum absolute atomic E-state index is 9.28. The number of benzene rings is 1. The zero-order valence-corrected chi connectivity index (χ0v) is 11.1. The highest BCUT2D eigenvalue weighted by Crippen LogP contribution is 2.17. The molecule has 102 valence electrons. The number of aromatic hydroxyl groups is 1. The maximum atomic E-state index is 9.28. The van der Waals surface area contributed by atoms with Gasteiger partial charge in [-0.25, -0.2) is 4.98 Å². The fourth-order valence-electron chi connectivity index (χ4n) is 2.14. The fraction of sp³-hybridized carbons (Fsp3) is 0.214. The van der Waals surface area contributed by atoms with Crippen LogP contribution >= 0.6 is 0 Å². The fourth-order valence-corrected chi connectivity index (χ4v) is 2.14. The van der Waals surface area contributed by atoms with Gasteiger partial charge in [-0.3, -0.25) is 4.40 Å². The number of phenolic OH excluding ortho intramolecular Hbond substituents is 1. The van der Waals surface area contributed by atoms with Gasteiger partial charge in [0.25, 0.3) is 0 Å². The van der Waals surface area contributed by atoms with Gasteiger partial charge in [0.05, 0.1) is 6.04 Å².